The maximum atomic E-state index is 12.6. The van der Waals surface area contributed by atoms with Crippen molar-refractivity contribution in [3.63, 3.8) is 0 Å². The molecule has 10 heteroatoms. The smallest absolute Gasteiger partial charge is 0.573 e. The van der Waals surface area contributed by atoms with Crippen molar-refractivity contribution in [3.05, 3.63) is 66.4 Å². The van der Waals surface area contributed by atoms with Gasteiger partial charge in [0.25, 0.3) is 0 Å². The Balaban J connectivity index is 1.30. The highest BCUT2D eigenvalue weighted by atomic mass is 32.2. The maximum Gasteiger partial charge on any atom is 0.573 e. The second kappa shape index (κ2) is 9.53. The van der Waals surface area contributed by atoms with Gasteiger partial charge in [0.15, 0.2) is 4.90 Å². The van der Waals surface area contributed by atoms with Crippen LogP contribution >= 0.6 is 0 Å². The van der Waals surface area contributed by atoms with Crippen molar-refractivity contribution in [3.8, 4) is 17.0 Å². The molecule has 32 heavy (non-hydrogen) atoms. The number of alkyl halides is 3. The molecule has 3 aromatic rings. The zero-order chi connectivity index (χ0) is 22.7. The Hall–Kier alpha value is -2.53. The Morgan fingerprint density at radius 3 is 2.66 bits per heavy atom. The Morgan fingerprint density at radius 2 is 1.97 bits per heavy atom. The molecule has 0 aliphatic carbocycles. The molecular formula is C22H23F3N4O2S. The van der Waals surface area contributed by atoms with Crippen LogP contribution in [0.5, 0.6) is 5.75 Å². The van der Waals surface area contributed by atoms with Crippen molar-refractivity contribution in [1.82, 2.24) is 19.4 Å². The van der Waals surface area contributed by atoms with Gasteiger partial charge in [-0.25, -0.2) is 0 Å². The van der Waals surface area contributed by atoms with E-state index in [1.165, 1.54) is 23.8 Å². The molecule has 170 valence electrons. The molecule has 6 nitrogen and oxygen atoms in total. The van der Waals surface area contributed by atoms with Crippen molar-refractivity contribution in [1.29, 1.82) is 0 Å². The second-order valence-corrected chi connectivity index (χ2v) is 8.95. The molecule has 0 radical (unpaired) electrons. The van der Waals surface area contributed by atoms with E-state index in [4.69, 9.17) is 0 Å². The van der Waals surface area contributed by atoms with Crippen LogP contribution < -0.4 is 9.46 Å². The number of aromatic nitrogens is 2. The zero-order valence-electron chi connectivity index (χ0n) is 17.4. The van der Waals surface area contributed by atoms with Gasteiger partial charge in [0.05, 0.1) is 23.1 Å². The summed E-state index contributed by atoms with van der Waals surface area (Å²) in [7, 11) is 1.88. The van der Waals surface area contributed by atoms with E-state index < -0.39 is 17.7 Å². The minimum Gasteiger partial charge on any atom is -0.593 e. The predicted molar refractivity (Wildman–Crippen MR) is 115 cm³/mol. The third-order valence-electron chi connectivity index (χ3n) is 5.17. The van der Waals surface area contributed by atoms with E-state index in [1.54, 1.807) is 4.68 Å². The molecule has 2 atom stereocenters. The molecule has 1 saturated heterocycles. The molecule has 0 spiro atoms. The van der Waals surface area contributed by atoms with Crippen LogP contribution in [0.3, 0.4) is 0 Å². The number of benzene rings is 2. The van der Waals surface area contributed by atoms with Crippen LogP contribution in [0.15, 0.2) is 65.7 Å². The highest BCUT2D eigenvalue weighted by Crippen LogP contribution is 2.25. The second-order valence-electron chi connectivity index (χ2n) is 7.70. The van der Waals surface area contributed by atoms with E-state index in [0.29, 0.717) is 6.54 Å². The first kappa shape index (κ1) is 22.7. The third kappa shape index (κ3) is 6.04. The molecule has 1 N–H and O–H groups in total. The molecule has 0 saturated carbocycles. The third-order valence-corrected chi connectivity index (χ3v) is 6.40. The predicted octanol–water partition coefficient (Wildman–Crippen LogP) is 3.87. The van der Waals surface area contributed by atoms with E-state index >= 15 is 0 Å². The fourth-order valence-electron chi connectivity index (χ4n) is 3.69. The van der Waals surface area contributed by atoms with Gasteiger partial charge in [-0.05, 0) is 30.2 Å². The summed E-state index contributed by atoms with van der Waals surface area (Å²) in [6, 6.07) is 15.4. The van der Waals surface area contributed by atoms with Gasteiger partial charge >= 0.3 is 6.36 Å². The molecule has 1 aliphatic rings. The van der Waals surface area contributed by atoms with E-state index in [9.17, 15) is 17.7 Å². The Kier molecular flexibility index (Phi) is 6.75. The summed E-state index contributed by atoms with van der Waals surface area (Å²) in [6.07, 6.45) is -2.07. The average Bonchev–Trinajstić information content (AvgIpc) is 3.36. The van der Waals surface area contributed by atoms with Gasteiger partial charge in [-0.15, -0.1) is 17.9 Å². The summed E-state index contributed by atoms with van der Waals surface area (Å²) in [5, 5.41) is 4.40. The lowest BCUT2D eigenvalue weighted by Crippen LogP contribution is -2.37. The van der Waals surface area contributed by atoms with Crippen LogP contribution in [0, 0.1) is 0 Å². The van der Waals surface area contributed by atoms with Gasteiger partial charge in [-0.3, -0.25) is 9.58 Å². The number of hydrogen-bond acceptors (Lipinski definition) is 5. The first-order valence-electron chi connectivity index (χ1n) is 10.1. The summed E-state index contributed by atoms with van der Waals surface area (Å²) in [5.41, 5.74) is 3.16. The monoisotopic (exact) mass is 464 g/mol. The highest BCUT2D eigenvalue weighted by molar-refractivity contribution is 7.89. The van der Waals surface area contributed by atoms with E-state index in [-0.39, 0.29) is 16.7 Å². The van der Waals surface area contributed by atoms with Crippen LogP contribution in [0.4, 0.5) is 13.2 Å². The lowest BCUT2D eigenvalue weighted by atomic mass is 10.1. The number of likely N-dealkylation sites (tertiary alicyclic amines) is 1. The first-order chi connectivity index (χ1) is 15.2. The number of rotatable bonds is 7. The van der Waals surface area contributed by atoms with Gasteiger partial charge in [0.2, 0.25) is 0 Å². The summed E-state index contributed by atoms with van der Waals surface area (Å²) in [4.78, 5) is 2.50. The number of ether oxygens (including phenoxy) is 1. The van der Waals surface area contributed by atoms with E-state index in [2.05, 4.69) is 43.7 Å². The van der Waals surface area contributed by atoms with Crippen LogP contribution in [-0.2, 0) is 25.0 Å². The Morgan fingerprint density at radius 1 is 1.19 bits per heavy atom. The standard InChI is InChI=1S/C22H23F3N4O2S/c1-28-11-10-21(26-28)17-7-5-16(6-8-17)14-29-12-9-18(15-29)27-32(30)20-4-2-3-19(13-20)31-22(23,24)25/h2-8,10-11,13,18,27H,9,12,14-15H2,1H3/t18-,32?/m1/s1. The van der Waals surface area contributed by atoms with Crippen LogP contribution in [0.25, 0.3) is 11.3 Å². The summed E-state index contributed by atoms with van der Waals surface area (Å²) < 4.78 is 58.5. The average molecular weight is 465 g/mol. The number of hydrogen-bond donors (Lipinski definition) is 1. The SMILES string of the molecule is Cn1ccc(-c2ccc(CN3CC[C@@H](N[S+]([O-])c4cccc(OC(F)(F)F)c4)C3)cc2)n1. The van der Waals surface area contributed by atoms with Crippen LogP contribution in [0.2, 0.25) is 0 Å². The van der Waals surface area contributed by atoms with Crippen LogP contribution in [0.1, 0.15) is 12.0 Å². The summed E-state index contributed by atoms with van der Waals surface area (Å²) >= 11 is -1.63. The van der Waals surface area contributed by atoms with Crippen molar-refractivity contribution in [2.45, 2.75) is 30.3 Å². The molecule has 0 amide bonds. The fourth-order valence-corrected chi connectivity index (χ4v) is 4.74. The fraction of sp³-hybridized carbons (Fsp3) is 0.318. The zero-order valence-corrected chi connectivity index (χ0v) is 18.2. The van der Waals surface area contributed by atoms with Gasteiger partial charge in [0, 0.05) is 44.5 Å². The van der Waals surface area contributed by atoms with Crippen molar-refractivity contribution >= 4 is 11.4 Å². The molecule has 2 aromatic carbocycles. The molecule has 2 heterocycles. The van der Waals surface area contributed by atoms with E-state index in [0.717, 1.165) is 36.8 Å². The number of halogens is 3. The van der Waals surface area contributed by atoms with E-state index in [1.807, 2.05) is 19.3 Å². The largest absolute Gasteiger partial charge is 0.593 e. The van der Waals surface area contributed by atoms with Crippen molar-refractivity contribution < 1.29 is 22.5 Å². The molecule has 1 unspecified atom stereocenters. The summed E-state index contributed by atoms with van der Waals surface area (Å²) in [5.74, 6) is -0.382. The maximum absolute atomic E-state index is 12.6. The summed E-state index contributed by atoms with van der Waals surface area (Å²) in [6.45, 7) is 2.31. The molecular weight excluding hydrogens is 441 g/mol. The Bertz CT molecular complexity index is 1040. The minimum absolute atomic E-state index is 0.0178. The number of nitrogens with one attached hydrogen (secondary N) is 1. The Labute approximate surface area is 187 Å². The number of aryl methyl sites for hydroxylation is 1. The molecule has 4 rings (SSSR count). The van der Waals surface area contributed by atoms with Gasteiger partial charge in [-0.1, -0.05) is 30.3 Å². The quantitative estimate of drug-likeness (QED) is 0.538. The molecule has 1 aromatic heterocycles. The molecule has 1 fully saturated rings. The van der Waals surface area contributed by atoms with Crippen molar-refractivity contribution in [2.24, 2.45) is 7.05 Å². The van der Waals surface area contributed by atoms with Gasteiger partial charge in [-0.2, -0.15) is 5.10 Å². The normalized spacial score (nSPS) is 18.1. The molecule has 0 bridgehead atoms. The first-order valence-corrected chi connectivity index (χ1v) is 11.3. The van der Waals surface area contributed by atoms with Gasteiger partial charge < -0.3 is 9.29 Å². The topological polar surface area (TPSA) is 65.4 Å². The lowest BCUT2D eigenvalue weighted by Gasteiger charge is -2.18. The lowest BCUT2D eigenvalue weighted by molar-refractivity contribution is -0.274. The van der Waals surface area contributed by atoms with Crippen LogP contribution in [-0.4, -0.2) is 44.7 Å². The minimum atomic E-state index is -4.78. The highest BCUT2D eigenvalue weighted by Gasteiger charge is 2.32. The number of nitrogens with zero attached hydrogens (tertiary/aromatic N) is 3. The van der Waals surface area contributed by atoms with Gasteiger partial charge in [0.1, 0.15) is 5.75 Å². The molecule has 1 aliphatic heterocycles. The van der Waals surface area contributed by atoms with Crippen molar-refractivity contribution in [2.75, 3.05) is 13.1 Å².